The van der Waals surface area contributed by atoms with Crippen LogP contribution < -0.4 is 5.32 Å². The molecule has 0 bridgehead atoms. The van der Waals surface area contributed by atoms with Crippen molar-refractivity contribution in [2.24, 2.45) is 0 Å². The van der Waals surface area contributed by atoms with Crippen molar-refractivity contribution in [3.05, 3.63) is 23.8 Å². The number of anilines is 1. The highest BCUT2D eigenvalue weighted by Crippen LogP contribution is 2.22. The molecular formula is C14H19NO5. The van der Waals surface area contributed by atoms with Gasteiger partial charge in [0.15, 0.2) is 0 Å². The molecule has 1 rings (SSSR count). The van der Waals surface area contributed by atoms with E-state index in [1.165, 1.54) is 18.2 Å². The van der Waals surface area contributed by atoms with Crippen LogP contribution in [0, 0.1) is 0 Å². The summed E-state index contributed by atoms with van der Waals surface area (Å²) in [6.45, 7) is 2.44. The molecule has 0 aromatic heterocycles. The second-order valence-electron chi connectivity index (χ2n) is 4.36. The van der Waals surface area contributed by atoms with E-state index in [1.54, 1.807) is 0 Å². The highest BCUT2D eigenvalue weighted by atomic mass is 16.5. The van der Waals surface area contributed by atoms with Crippen molar-refractivity contribution in [1.82, 2.24) is 0 Å². The number of ether oxygens (including phenoxy) is 1. The van der Waals surface area contributed by atoms with Crippen molar-refractivity contribution in [3.8, 4) is 5.75 Å². The minimum absolute atomic E-state index is 0.219. The number of unbranched alkanes of at least 4 members (excludes halogenated alkanes) is 3. The fraction of sp³-hybridized carbons (Fsp3) is 0.429. The van der Waals surface area contributed by atoms with Crippen LogP contribution in [0.25, 0.3) is 0 Å². The van der Waals surface area contributed by atoms with Gasteiger partial charge in [0.2, 0.25) is 0 Å². The maximum Gasteiger partial charge on any atom is 0.411 e. The van der Waals surface area contributed by atoms with Crippen LogP contribution >= 0.6 is 0 Å². The van der Waals surface area contributed by atoms with Crippen molar-refractivity contribution < 1.29 is 24.5 Å². The number of carboxylic acid groups (broad SMARTS) is 1. The highest BCUT2D eigenvalue weighted by molar-refractivity contribution is 5.92. The zero-order chi connectivity index (χ0) is 15.0. The summed E-state index contributed by atoms with van der Waals surface area (Å²) in [6.07, 6.45) is 3.42. The molecule has 0 aliphatic carbocycles. The monoisotopic (exact) mass is 281 g/mol. The Hall–Kier alpha value is -2.24. The van der Waals surface area contributed by atoms with Crippen LogP contribution in [-0.4, -0.2) is 28.9 Å². The third-order valence-corrected chi connectivity index (χ3v) is 2.71. The van der Waals surface area contributed by atoms with Gasteiger partial charge in [-0.05, 0) is 18.6 Å². The van der Waals surface area contributed by atoms with Gasteiger partial charge in [0.25, 0.3) is 0 Å². The number of carbonyl (C=O) groups excluding carboxylic acids is 1. The van der Waals surface area contributed by atoms with E-state index in [1.807, 2.05) is 0 Å². The molecule has 3 N–H and O–H groups in total. The van der Waals surface area contributed by atoms with Gasteiger partial charge in [-0.25, -0.2) is 9.59 Å². The van der Waals surface area contributed by atoms with Crippen LogP contribution in [0.2, 0.25) is 0 Å². The number of aromatic carboxylic acids is 1. The fourth-order valence-corrected chi connectivity index (χ4v) is 1.64. The lowest BCUT2D eigenvalue weighted by Gasteiger charge is -2.08. The maximum atomic E-state index is 11.4. The third kappa shape index (κ3) is 5.17. The molecule has 0 heterocycles. The minimum atomic E-state index is -1.23. The zero-order valence-electron chi connectivity index (χ0n) is 11.4. The van der Waals surface area contributed by atoms with Gasteiger partial charge in [0.1, 0.15) is 11.3 Å². The first-order chi connectivity index (χ1) is 9.54. The smallest absolute Gasteiger partial charge is 0.411 e. The lowest BCUT2D eigenvalue weighted by atomic mass is 10.2. The van der Waals surface area contributed by atoms with Crippen LogP contribution in [0.4, 0.5) is 10.5 Å². The minimum Gasteiger partial charge on any atom is -0.507 e. The second-order valence-corrected chi connectivity index (χ2v) is 4.36. The lowest BCUT2D eigenvalue weighted by molar-refractivity contribution is 0.0693. The molecule has 0 atom stereocenters. The van der Waals surface area contributed by atoms with Gasteiger partial charge in [0, 0.05) is 11.8 Å². The van der Waals surface area contributed by atoms with Gasteiger partial charge in [-0.2, -0.15) is 0 Å². The molecule has 110 valence electrons. The molecule has 0 unspecified atom stereocenters. The van der Waals surface area contributed by atoms with Crippen molar-refractivity contribution in [2.45, 2.75) is 32.6 Å². The zero-order valence-corrected chi connectivity index (χ0v) is 11.4. The Labute approximate surface area is 117 Å². The molecule has 0 spiro atoms. The predicted molar refractivity (Wildman–Crippen MR) is 74.2 cm³/mol. The highest BCUT2D eigenvalue weighted by Gasteiger charge is 2.11. The summed E-state index contributed by atoms with van der Waals surface area (Å²) in [6, 6.07) is 3.78. The van der Waals surface area contributed by atoms with Crippen molar-refractivity contribution in [3.63, 3.8) is 0 Å². The van der Waals surface area contributed by atoms with Gasteiger partial charge in [-0.3, -0.25) is 5.32 Å². The van der Waals surface area contributed by atoms with Crippen LogP contribution in [0.3, 0.4) is 0 Å². The van der Waals surface area contributed by atoms with Gasteiger partial charge in [0.05, 0.1) is 6.61 Å². The Morgan fingerprint density at radius 1 is 1.25 bits per heavy atom. The van der Waals surface area contributed by atoms with E-state index in [2.05, 4.69) is 12.2 Å². The van der Waals surface area contributed by atoms with E-state index in [-0.39, 0.29) is 11.3 Å². The van der Waals surface area contributed by atoms with Crippen LogP contribution in [0.5, 0.6) is 5.75 Å². The molecule has 6 heteroatoms. The first-order valence-corrected chi connectivity index (χ1v) is 6.54. The first kappa shape index (κ1) is 15.8. The average molecular weight is 281 g/mol. The number of benzene rings is 1. The van der Waals surface area contributed by atoms with Crippen LogP contribution in [-0.2, 0) is 4.74 Å². The maximum absolute atomic E-state index is 11.4. The SMILES string of the molecule is CCCCCCOC(=O)Nc1ccc(C(=O)O)c(O)c1. The second kappa shape index (κ2) is 8.04. The summed E-state index contributed by atoms with van der Waals surface area (Å²) in [4.78, 5) is 22.2. The normalized spacial score (nSPS) is 10.1. The number of carbonyl (C=O) groups is 2. The predicted octanol–water partition coefficient (Wildman–Crippen LogP) is 3.22. The Morgan fingerprint density at radius 3 is 2.60 bits per heavy atom. The van der Waals surface area contributed by atoms with Crippen molar-refractivity contribution >= 4 is 17.7 Å². The molecule has 6 nitrogen and oxygen atoms in total. The van der Waals surface area contributed by atoms with E-state index >= 15 is 0 Å². The lowest BCUT2D eigenvalue weighted by Crippen LogP contribution is -2.14. The molecule has 0 saturated heterocycles. The molecule has 1 amide bonds. The molecule has 1 aromatic rings. The molecule has 0 radical (unpaired) electrons. The molecular weight excluding hydrogens is 262 g/mol. The van der Waals surface area contributed by atoms with Gasteiger partial charge in [-0.15, -0.1) is 0 Å². The largest absolute Gasteiger partial charge is 0.507 e. The number of rotatable bonds is 7. The number of carboxylic acids is 1. The first-order valence-electron chi connectivity index (χ1n) is 6.54. The van der Waals surface area contributed by atoms with Crippen LogP contribution in [0.1, 0.15) is 43.0 Å². The standard InChI is InChI=1S/C14H19NO5/c1-2-3-4-5-8-20-14(19)15-10-6-7-11(13(17)18)12(16)9-10/h6-7,9,16H,2-5,8H2,1H3,(H,15,19)(H,17,18). The van der Waals surface area contributed by atoms with Gasteiger partial charge < -0.3 is 14.9 Å². The summed E-state index contributed by atoms with van der Waals surface area (Å²) in [5.41, 5.74) is 0.0644. The molecule has 20 heavy (non-hydrogen) atoms. The Bertz CT molecular complexity index is 473. The summed E-state index contributed by atoms with van der Waals surface area (Å²) in [5, 5.41) is 20.7. The number of hydrogen-bond acceptors (Lipinski definition) is 4. The van der Waals surface area contributed by atoms with Gasteiger partial charge >= 0.3 is 12.1 Å². The quantitative estimate of drug-likeness (QED) is 0.667. The van der Waals surface area contributed by atoms with E-state index in [0.29, 0.717) is 6.61 Å². The number of phenols is 1. The number of hydrogen-bond donors (Lipinski definition) is 3. The average Bonchev–Trinajstić information content (AvgIpc) is 2.38. The summed E-state index contributed by atoms with van der Waals surface area (Å²) in [7, 11) is 0. The van der Waals surface area contributed by atoms with Crippen molar-refractivity contribution in [1.29, 1.82) is 0 Å². The molecule has 0 saturated carbocycles. The number of amides is 1. The Kier molecular flexibility index (Phi) is 6.36. The molecule has 1 aromatic carbocycles. The fourth-order valence-electron chi connectivity index (χ4n) is 1.64. The van der Waals surface area contributed by atoms with E-state index in [4.69, 9.17) is 9.84 Å². The Balaban J connectivity index is 2.42. The summed E-state index contributed by atoms with van der Waals surface area (Å²) < 4.78 is 4.96. The van der Waals surface area contributed by atoms with E-state index < -0.39 is 17.8 Å². The van der Waals surface area contributed by atoms with Gasteiger partial charge in [-0.1, -0.05) is 26.2 Å². The topological polar surface area (TPSA) is 95.9 Å². The van der Waals surface area contributed by atoms with Crippen LogP contribution in [0.15, 0.2) is 18.2 Å². The molecule has 0 aliphatic heterocycles. The number of aromatic hydroxyl groups is 1. The number of nitrogens with one attached hydrogen (secondary N) is 1. The van der Waals surface area contributed by atoms with E-state index in [0.717, 1.165) is 25.7 Å². The summed E-state index contributed by atoms with van der Waals surface area (Å²) >= 11 is 0. The van der Waals surface area contributed by atoms with E-state index in [9.17, 15) is 14.7 Å². The third-order valence-electron chi connectivity index (χ3n) is 2.71. The summed E-state index contributed by atoms with van der Waals surface area (Å²) in [5.74, 6) is -1.63. The van der Waals surface area contributed by atoms with Crippen molar-refractivity contribution in [2.75, 3.05) is 11.9 Å². The molecule has 0 fully saturated rings. The Morgan fingerprint density at radius 2 is 2.00 bits per heavy atom. The molecule has 0 aliphatic rings.